The van der Waals surface area contributed by atoms with E-state index in [2.05, 4.69) is 10.6 Å². The van der Waals surface area contributed by atoms with Crippen molar-refractivity contribution >= 4 is 28.7 Å². The van der Waals surface area contributed by atoms with Crippen LogP contribution >= 0.6 is 0 Å². The van der Waals surface area contributed by atoms with E-state index in [-0.39, 0.29) is 23.7 Å². The molecule has 1 aliphatic heterocycles. The molecule has 1 aromatic heterocycles. The highest BCUT2D eigenvalue weighted by Crippen LogP contribution is 2.36. The van der Waals surface area contributed by atoms with Crippen molar-refractivity contribution in [3.63, 3.8) is 0 Å². The fraction of sp³-hybridized carbons (Fsp3) is 0.407. The lowest BCUT2D eigenvalue weighted by atomic mass is 10.0. The number of carbonyl (C=O) groups excluding carboxylic acids is 2. The third kappa shape index (κ3) is 4.75. The van der Waals surface area contributed by atoms with Gasteiger partial charge in [-0.3, -0.25) is 15.0 Å². The summed E-state index contributed by atoms with van der Waals surface area (Å²) in [6.45, 7) is 0.0772. The van der Waals surface area contributed by atoms with E-state index in [1.165, 1.54) is 0 Å². The number of aryl methyl sites for hydroxylation is 1. The SMILES string of the molecule is COc1cccc2c1nc([C@H](CCCNC(=N)CF)NC(=O)c1cccc3c1C(=O)N(C1CC1)C3)n2C. The van der Waals surface area contributed by atoms with Gasteiger partial charge in [-0.15, -0.1) is 0 Å². The maximum absolute atomic E-state index is 13.6. The van der Waals surface area contributed by atoms with Crippen LogP contribution in [-0.2, 0) is 13.6 Å². The average Bonchev–Trinajstić information content (AvgIpc) is 3.63. The van der Waals surface area contributed by atoms with Crippen LogP contribution in [0.3, 0.4) is 0 Å². The molecule has 194 valence electrons. The number of ether oxygens (including phenoxy) is 1. The summed E-state index contributed by atoms with van der Waals surface area (Å²) in [6, 6.07) is 10.9. The molecule has 1 saturated carbocycles. The van der Waals surface area contributed by atoms with Gasteiger partial charge < -0.3 is 24.8 Å². The Kier molecular flexibility index (Phi) is 6.82. The number of hydrogen-bond donors (Lipinski definition) is 3. The predicted octanol–water partition coefficient (Wildman–Crippen LogP) is 3.49. The molecule has 0 bridgehead atoms. The van der Waals surface area contributed by atoms with Gasteiger partial charge >= 0.3 is 0 Å². The summed E-state index contributed by atoms with van der Waals surface area (Å²) in [4.78, 5) is 33.5. The second-order valence-electron chi connectivity index (χ2n) is 9.57. The number of aromatic nitrogens is 2. The van der Waals surface area contributed by atoms with Crippen molar-refractivity contribution in [3.8, 4) is 5.75 Å². The third-order valence-electron chi connectivity index (χ3n) is 7.09. The molecule has 37 heavy (non-hydrogen) atoms. The predicted molar refractivity (Wildman–Crippen MR) is 138 cm³/mol. The number of benzene rings is 2. The lowest BCUT2D eigenvalue weighted by Gasteiger charge is -2.20. The molecule has 5 rings (SSSR count). The lowest BCUT2D eigenvalue weighted by molar-refractivity contribution is 0.0760. The van der Waals surface area contributed by atoms with Crippen LogP contribution in [0.25, 0.3) is 11.0 Å². The van der Waals surface area contributed by atoms with Gasteiger partial charge in [0, 0.05) is 26.2 Å². The van der Waals surface area contributed by atoms with Gasteiger partial charge in [0.15, 0.2) is 0 Å². The summed E-state index contributed by atoms with van der Waals surface area (Å²) < 4.78 is 20.1. The maximum atomic E-state index is 13.6. The lowest BCUT2D eigenvalue weighted by Crippen LogP contribution is -2.33. The smallest absolute Gasteiger partial charge is 0.255 e. The Morgan fingerprint density at radius 2 is 2.05 bits per heavy atom. The van der Waals surface area contributed by atoms with Crippen molar-refractivity contribution in [2.45, 2.75) is 44.3 Å². The molecule has 9 nitrogen and oxygen atoms in total. The van der Waals surface area contributed by atoms with Gasteiger partial charge in [-0.25, -0.2) is 9.37 Å². The van der Waals surface area contributed by atoms with Crippen LogP contribution in [-0.4, -0.2) is 58.5 Å². The zero-order valence-corrected chi connectivity index (χ0v) is 21.0. The number of nitrogens with zero attached hydrogens (tertiary/aromatic N) is 3. The molecule has 0 radical (unpaired) electrons. The average molecular weight is 507 g/mol. The Morgan fingerprint density at radius 3 is 2.78 bits per heavy atom. The quantitative estimate of drug-likeness (QED) is 0.221. The second-order valence-corrected chi connectivity index (χ2v) is 9.57. The van der Waals surface area contributed by atoms with E-state index >= 15 is 0 Å². The molecule has 0 spiro atoms. The molecule has 0 saturated heterocycles. The van der Waals surface area contributed by atoms with Crippen LogP contribution in [0.5, 0.6) is 5.75 Å². The molecule has 3 N–H and O–H groups in total. The number of carbonyl (C=O) groups is 2. The number of nitrogens with one attached hydrogen (secondary N) is 3. The topological polar surface area (TPSA) is 112 Å². The molecular weight excluding hydrogens is 475 g/mol. The van der Waals surface area contributed by atoms with E-state index in [0.717, 1.165) is 23.9 Å². The van der Waals surface area contributed by atoms with Crippen LogP contribution in [0, 0.1) is 5.41 Å². The number of hydrogen-bond acceptors (Lipinski definition) is 5. The fourth-order valence-corrected chi connectivity index (χ4v) is 5.03. The molecule has 10 heteroatoms. The first-order valence-electron chi connectivity index (χ1n) is 12.5. The standard InChI is InChI=1S/C27H31FN6O3/c1-33-20-9-4-10-21(37-2)24(20)32-25(33)19(8-5-13-30-22(29)14-28)31-26(35)18-7-3-6-16-15-34(17-11-12-17)27(36)23(16)18/h3-4,6-7,9-10,17,19H,5,8,11-15H2,1-2H3,(H2,29,30)(H,31,35)/t19-/m0/s1. The van der Waals surface area contributed by atoms with Crippen molar-refractivity contribution in [1.29, 1.82) is 5.41 Å². The number of imidazole rings is 1. The third-order valence-corrected chi connectivity index (χ3v) is 7.09. The van der Waals surface area contributed by atoms with Gasteiger partial charge in [0.25, 0.3) is 11.8 Å². The molecular formula is C27H31FN6O3. The highest BCUT2D eigenvalue weighted by Gasteiger charge is 2.40. The van der Waals surface area contributed by atoms with Crippen molar-refractivity contribution in [3.05, 3.63) is 58.9 Å². The highest BCUT2D eigenvalue weighted by molar-refractivity contribution is 6.09. The monoisotopic (exact) mass is 506 g/mol. The van der Waals surface area contributed by atoms with Gasteiger partial charge in [0.1, 0.15) is 29.6 Å². The molecule has 1 atom stereocenters. The number of amidine groups is 1. The Labute approximate surface area is 214 Å². The molecule has 0 unspecified atom stereocenters. The minimum Gasteiger partial charge on any atom is -0.494 e. The van der Waals surface area contributed by atoms with Crippen LogP contribution < -0.4 is 15.4 Å². The van der Waals surface area contributed by atoms with Crippen molar-refractivity contribution in [1.82, 2.24) is 25.1 Å². The Bertz CT molecular complexity index is 1370. The van der Waals surface area contributed by atoms with E-state index in [0.29, 0.717) is 54.1 Å². The molecule has 2 heterocycles. The van der Waals surface area contributed by atoms with E-state index in [4.69, 9.17) is 15.1 Å². The Balaban J connectivity index is 1.43. The highest BCUT2D eigenvalue weighted by atomic mass is 19.1. The zero-order valence-electron chi connectivity index (χ0n) is 21.0. The molecule has 2 aliphatic rings. The van der Waals surface area contributed by atoms with Crippen molar-refractivity contribution in [2.75, 3.05) is 20.3 Å². The maximum Gasteiger partial charge on any atom is 0.255 e. The first-order chi connectivity index (χ1) is 17.9. The summed E-state index contributed by atoms with van der Waals surface area (Å²) in [5.74, 6) is 0.685. The number of para-hydroxylation sites is 1. The van der Waals surface area contributed by atoms with E-state index in [9.17, 15) is 14.0 Å². The molecule has 3 aromatic rings. The van der Waals surface area contributed by atoms with Gasteiger partial charge in [0.2, 0.25) is 0 Å². The van der Waals surface area contributed by atoms with Crippen LogP contribution in [0.1, 0.15) is 63.8 Å². The van der Waals surface area contributed by atoms with Crippen molar-refractivity contribution in [2.24, 2.45) is 7.05 Å². The van der Waals surface area contributed by atoms with Crippen molar-refractivity contribution < 1.29 is 18.7 Å². The number of fused-ring (bicyclic) bond motifs is 2. The zero-order chi connectivity index (χ0) is 26.1. The number of alkyl halides is 1. The summed E-state index contributed by atoms with van der Waals surface area (Å²) >= 11 is 0. The van der Waals surface area contributed by atoms with Gasteiger partial charge in [-0.1, -0.05) is 18.2 Å². The van der Waals surface area contributed by atoms with Crippen LogP contribution in [0.15, 0.2) is 36.4 Å². The van der Waals surface area contributed by atoms with E-state index in [1.807, 2.05) is 46.8 Å². The molecule has 2 amide bonds. The Morgan fingerprint density at radius 1 is 1.27 bits per heavy atom. The number of halogens is 1. The van der Waals surface area contributed by atoms with E-state index < -0.39 is 12.7 Å². The first kappa shape index (κ1) is 24.7. The number of amides is 2. The minimum absolute atomic E-state index is 0.0822. The van der Waals surface area contributed by atoms with Gasteiger partial charge in [0.05, 0.1) is 29.8 Å². The molecule has 1 aliphatic carbocycles. The summed E-state index contributed by atoms with van der Waals surface area (Å²) in [7, 11) is 3.48. The summed E-state index contributed by atoms with van der Waals surface area (Å²) in [6.07, 6.45) is 3.07. The largest absolute Gasteiger partial charge is 0.494 e. The molecule has 1 fully saturated rings. The second kappa shape index (κ2) is 10.2. The van der Waals surface area contributed by atoms with Crippen LogP contribution in [0.2, 0.25) is 0 Å². The van der Waals surface area contributed by atoms with Crippen LogP contribution in [0.4, 0.5) is 4.39 Å². The normalized spacial score (nSPS) is 15.5. The Hall–Kier alpha value is -3.95. The van der Waals surface area contributed by atoms with E-state index in [1.54, 1.807) is 13.2 Å². The first-order valence-corrected chi connectivity index (χ1v) is 12.5. The van der Waals surface area contributed by atoms with Gasteiger partial charge in [-0.2, -0.15) is 0 Å². The number of methoxy groups -OCH3 is 1. The van der Waals surface area contributed by atoms with Gasteiger partial charge in [-0.05, 0) is 49.4 Å². The number of rotatable bonds is 10. The fourth-order valence-electron chi connectivity index (χ4n) is 5.03. The summed E-state index contributed by atoms with van der Waals surface area (Å²) in [5.41, 5.74) is 3.28. The summed E-state index contributed by atoms with van der Waals surface area (Å²) in [5, 5.41) is 13.3. The minimum atomic E-state index is -0.851. The molecule has 2 aromatic carbocycles.